The van der Waals surface area contributed by atoms with Gasteiger partial charge < -0.3 is 10.1 Å². The Labute approximate surface area is 155 Å². The minimum atomic E-state index is -0.279. The zero-order valence-electron chi connectivity index (χ0n) is 14.5. The molecule has 0 aliphatic heterocycles. The van der Waals surface area contributed by atoms with Crippen LogP contribution < -0.4 is 10.1 Å². The fraction of sp³-hybridized carbons (Fsp3) is 0.200. The van der Waals surface area contributed by atoms with E-state index in [1.165, 1.54) is 17.4 Å². The molecule has 134 valence electrons. The van der Waals surface area contributed by atoms with E-state index in [0.717, 1.165) is 10.6 Å². The molecule has 3 aromatic rings. The van der Waals surface area contributed by atoms with Crippen LogP contribution >= 0.6 is 11.3 Å². The van der Waals surface area contributed by atoms with Crippen LogP contribution in [0.5, 0.6) is 5.75 Å². The first kappa shape index (κ1) is 18.1. The normalized spacial score (nSPS) is 10.8. The first-order valence-electron chi connectivity index (χ1n) is 8.26. The first-order valence-corrected chi connectivity index (χ1v) is 9.14. The van der Waals surface area contributed by atoms with Crippen LogP contribution in [-0.4, -0.2) is 16.9 Å². The summed E-state index contributed by atoms with van der Waals surface area (Å²) in [6.07, 6.45) is 0. The van der Waals surface area contributed by atoms with Crippen molar-refractivity contribution in [2.75, 3.05) is 0 Å². The van der Waals surface area contributed by atoms with Crippen molar-refractivity contribution in [1.29, 1.82) is 0 Å². The van der Waals surface area contributed by atoms with Crippen LogP contribution in [-0.2, 0) is 6.61 Å². The van der Waals surface area contributed by atoms with Gasteiger partial charge in [0.1, 0.15) is 28.9 Å². The minimum absolute atomic E-state index is 0.0681. The molecular formula is C20H19FN2O2S. The summed E-state index contributed by atoms with van der Waals surface area (Å²) in [6, 6.07) is 14.0. The summed E-state index contributed by atoms with van der Waals surface area (Å²) in [6.45, 7) is 3.99. The van der Waals surface area contributed by atoms with Crippen LogP contribution in [0.15, 0.2) is 53.9 Å². The number of hydrogen-bond acceptors (Lipinski definition) is 4. The molecule has 1 N–H and O–H groups in total. The lowest BCUT2D eigenvalue weighted by Gasteiger charge is -2.07. The largest absolute Gasteiger partial charge is 0.489 e. The highest BCUT2D eigenvalue weighted by Gasteiger charge is 2.12. The zero-order chi connectivity index (χ0) is 18.5. The SMILES string of the molecule is CC(C)NC(=O)c1csc(-c2ccc(OCc3ccccc3F)cc2)n1. The molecule has 0 atom stereocenters. The third kappa shape index (κ3) is 4.46. The number of amides is 1. The number of nitrogens with zero attached hydrogens (tertiary/aromatic N) is 1. The molecule has 6 heteroatoms. The van der Waals surface area contributed by atoms with Crippen molar-refractivity contribution in [1.82, 2.24) is 10.3 Å². The van der Waals surface area contributed by atoms with E-state index in [0.29, 0.717) is 17.0 Å². The van der Waals surface area contributed by atoms with Gasteiger partial charge in [-0.05, 0) is 44.2 Å². The fourth-order valence-electron chi connectivity index (χ4n) is 2.32. The predicted molar refractivity (Wildman–Crippen MR) is 101 cm³/mol. The third-order valence-electron chi connectivity index (χ3n) is 3.61. The van der Waals surface area contributed by atoms with Crippen LogP contribution in [0.1, 0.15) is 29.9 Å². The van der Waals surface area contributed by atoms with E-state index in [4.69, 9.17) is 4.74 Å². The van der Waals surface area contributed by atoms with Crippen LogP contribution in [0.2, 0.25) is 0 Å². The van der Waals surface area contributed by atoms with E-state index in [2.05, 4.69) is 10.3 Å². The van der Waals surface area contributed by atoms with Crippen molar-refractivity contribution >= 4 is 17.2 Å². The molecule has 0 bridgehead atoms. The summed E-state index contributed by atoms with van der Waals surface area (Å²) in [7, 11) is 0. The van der Waals surface area contributed by atoms with Crippen LogP contribution in [0.3, 0.4) is 0 Å². The second-order valence-electron chi connectivity index (χ2n) is 6.07. The van der Waals surface area contributed by atoms with Gasteiger partial charge in [0.25, 0.3) is 5.91 Å². The summed E-state index contributed by atoms with van der Waals surface area (Å²) < 4.78 is 19.2. The van der Waals surface area contributed by atoms with Gasteiger partial charge in [0.05, 0.1) is 0 Å². The van der Waals surface area contributed by atoms with Gasteiger partial charge >= 0.3 is 0 Å². The Bertz CT molecular complexity index is 891. The smallest absolute Gasteiger partial charge is 0.270 e. The Morgan fingerprint density at radius 1 is 1.19 bits per heavy atom. The summed E-state index contributed by atoms with van der Waals surface area (Å²) in [5.74, 6) is 0.192. The number of carbonyl (C=O) groups excluding carboxylic acids is 1. The van der Waals surface area contributed by atoms with Crippen molar-refractivity contribution in [3.05, 3.63) is 71.0 Å². The van der Waals surface area contributed by atoms with Gasteiger partial charge in [0.2, 0.25) is 0 Å². The molecule has 0 aliphatic rings. The Morgan fingerprint density at radius 3 is 2.62 bits per heavy atom. The number of rotatable bonds is 6. The van der Waals surface area contributed by atoms with Gasteiger partial charge in [-0.25, -0.2) is 9.37 Å². The highest BCUT2D eigenvalue weighted by molar-refractivity contribution is 7.13. The van der Waals surface area contributed by atoms with Crippen LogP contribution in [0.4, 0.5) is 4.39 Å². The topological polar surface area (TPSA) is 51.2 Å². The van der Waals surface area contributed by atoms with E-state index in [1.54, 1.807) is 23.6 Å². The number of thiazole rings is 1. The van der Waals surface area contributed by atoms with Crippen LogP contribution in [0.25, 0.3) is 10.6 Å². The minimum Gasteiger partial charge on any atom is -0.489 e. The highest BCUT2D eigenvalue weighted by Crippen LogP contribution is 2.26. The van der Waals surface area contributed by atoms with Gasteiger partial charge in [0.15, 0.2) is 0 Å². The number of hydrogen-bond donors (Lipinski definition) is 1. The zero-order valence-corrected chi connectivity index (χ0v) is 15.3. The molecule has 0 saturated heterocycles. The van der Waals surface area contributed by atoms with E-state index in [9.17, 15) is 9.18 Å². The lowest BCUT2D eigenvalue weighted by Crippen LogP contribution is -2.30. The lowest BCUT2D eigenvalue weighted by molar-refractivity contribution is 0.0939. The van der Waals surface area contributed by atoms with Gasteiger partial charge in [-0.3, -0.25) is 4.79 Å². The molecule has 0 radical (unpaired) electrons. The Morgan fingerprint density at radius 2 is 1.92 bits per heavy atom. The second-order valence-corrected chi connectivity index (χ2v) is 6.93. The predicted octanol–water partition coefficient (Wildman–Crippen LogP) is 4.67. The Kier molecular flexibility index (Phi) is 5.63. The highest BCUT2D eigenvalue weighted by atomic mass is 32.1. The van der Waals surface area contributed by atoms with Gasteiger partial charge in [-0.1, -0.05) is 18.2 Å². The van der Waals surface area contributed by atoms with Gasteiger partial charge in [0, 0.05) is 22.5 Å². The Hall–Kier alpha value is -2.73. The third-order valence-corrected chi connectivity index (χ3v) is 4.50. The summed E-state index contributed by atoms with van der Waals surface area (Å²) in [5.41, 5.74) is 1.83. The molecule has 0 spiro atoms. The number of carbonyl (C=O) groups is 1. The van der Waals surface area contributed by atoms with E-state index < -0.39 is 0 Å². The second kappa shape index (κ2) is 8.10. The molecule has 3 rings (SSSR count). The van der Waals surface area contributed by atoms with E-state index >= 15 is 0 Å². The van der Waals surface area contributed by atoms with Gasteiger partial charge in [-0.15, -0.1) is 11.3 Å². The van der Waals surface area contributed by atoms with Gasteiger partial charge in [-0.2, -0.15) is 0 Å². The molecule has 0 aliphatic carbocycles. The number of benzene rings is 2. The molecule has 1 amide bonds. The molecule has 0 unspecified atom stereocenters. The van der Waals surface area contributed by atoms with E-state index in [-0.39, 0.29) is 24.4 Å². The average molecular weight is 370 g/mol. The van der Waals surface area contributed by atoms with Crippen molar-refractivity contribution in [3.63, 3.8) is 0 Å². The molecule has 26 heavy (non-hydrogen) atoms. The van der Waals surface area contributed by atoms with Crippen molar-refractivity contribution in [2.24, 2.45) is 0 Å². The molecule has 2 aromatic carbocycles. The maximum atomic E-state index is 13.6. The standard InChI is InChI=1S/C20H19FN2O2S/c1-13(2)22-19(24)18-12-26-20(23-18)14-7-9-16(10-8-14)25-11-15-5-3-4-6-17(15)21/h3-10,12-13H,11H2,1-2H3,(H,22,24). The van der Waals surface area contributed by atoms with Crippen molar-refractivity contribution in [3.8, 4) is 16.3 Å². The number of aromatic nitrogens is 1. The quantitative estimate of drug-likeness (QED) is 0.686. The molecular weight excluding hydrogens is 351 g/mol. The Balaban J connectivity index is 1.65. The average Bonchev–Trinajstić information content (AvgIpc) is 3.11. The maximum absolute atomic E-state index is 13.6. The molecule has 1 aromatic heterocycles. The first-order chi connectivity index (χ1) is 12.5. The molecule has 4 nitrogen and oxygen atoms in total. The summed E-state index contributed by atoms with van der Waals surface area (Å²) in [4.78, 5) is 16.4. The number of ether oxygens (including phenoxy) is 1. The molecule has 1 heterocycles. The monoisotopic (exact) mass is 370 g/mol. The fourth-order valence-corrected chi connectivity index (χ4v) is 3.12. The van der Waals surface area contributed by atoms with Crippen LogP contribution in [0, 0.1) is 5.82 Å². The number of nitrogens with one attached hydrogen (secondary N) is 1. The summed E-state index contributed by atoms with van der Waals surface area (Å²) in [5, 5.41) is 5.33. The maximum Gasteiger partial charge on any atom is 0.270 e. The summed E-state index contributed by atoms with van der Waals surface area (Å²) >= 11 is 1.41. The van der Waals surface area contributed by atoms with E-state index in [1.807, 2.05) is 38.1 Å². The van der Waals surface area contributed by atoms with Crippen molar-refractivity contribution in [2.45, 2.75) is 26.5 Å². The van der Waals surface area contributed by atoms with Crippen molar-refractivity contribution < 1.29 is 13.9 Å². The number of halogens is 1. The molecule has 0 fully saturated rings. The lowest BCUT2D eigenvalue weighted by atomic mass is 10.2. The molecule has 0 saturated carbocycles.